The average molecular weight is 376 g/mol. The maximum Gasteiger partial charge on any atom is 0.244 e. The van der Waals surface area contributed by atoms with Gasteiger partial charge in [-0.1, -0.05) is 0 Å². The number of fused-ring (bicyclic) bond motifs is 1. The fourth-order valence-corrected chi connectivity index (χ4v) is 4.66. The maximum absolute atomic E-state index is 12.5. The molecule has 4 heterocycles. The van der Waals surface area contributed by atoms with Crippen molar-refractivity contribution in [2.45, 2.75) is 25.7 Å². The zero-order chi connectivity index (χ0) is 18.5. The summed E-state index contributed by atoms with van der Waals surface area (Å²) in [6, 6.07) is 3.78. The number of anilines is 1. The molecule has 1 fully saturated rings. The van der Waals surface area contributed by atoms with Gasteiger partial charge in [0.1, 0.15) is 10.7 Å². The number of nitrogens with one attached hydrogen (secondary N) is 2. The number of nitrogens with zero attached hydrogens (tertiary/aromatic N) is 6. The van der Waals surface area contributed by atoms with Gasteiger partial charge in [-0.25, -0.2) is 13.1 Å². The molecule has 0 bridgehead atoms. The predicted octanol–water partition coefficient (Wildman–Crippen LogP) is 0.187. The Kier molecular flexibility index (Phi) is 3.92. The molecule has 0 aromatic carbocycles. The monoisotopic (exact) mass is 376 g/mol. The van der Waals surface area contributed by atoms with E-state index in [0.29, 0.717) is 23.6 Å². The van der Waals surface area contributed by atoms with E-state index in [9.17, 15) is 8.42 Å². The van der Waals surface area contributed by atoms with E-state index in [0.717, 1.165) is 24.7 Å². The van der Waals surface area contributed by atoms with Crippen molar-refractivity contribution in [2.24, 2.45) is 5.92 Å². The topological polar surface area (TPSA) is 121 Å². The number of aryl methyl sites for hydroxylation is 3. The van der Waals surface area contributed by atoms with Crippen LogP contribution in [-0.2, 0) is 10.0 Å². The highest BCUT2D eigenvalue weighted by Crippen LogP contribution is 2.23. The van der Waals surface area contributed by atoms with Gasteiger partial charge in [-0.05, 0) is 32.9 Å². The molecule has 0 amide bonds. The summed E-state index contributed by atoms with van der Waals surface area (Å²) in [4.78, 5) is 2.34. The van der Waals surface area contributed by atoms with Crippen LogP contribution in [0.5, 0.6) is 0 Å². The second kappa shape index (κ2) is 6.02. The molecule has 3 aromatic heterocycles. The lowest BCUT2D eigenvalue weighted by Gasteiger charge is -2.40. The van der Waals surface area contributed by atoms with Crippen LogP contribution in [0.1, 0.15) is 17.2 Å². The van der Waals surface area contributed by atoms with Crippen LogP contribution in [0.3, 0.4) is 0 Å². The van der Waals surface area contributed by atoms with E-state index >= 15 is 0 Å². The van der Waals surface area contributed by atoms with Crippen LogP contribution in [0.25, 0.3) is 5.65 Å². The number of H-pyrrole nitrogens is 1. The van der Waals surface area contributed by atoms with Crippen molar-refractivity contribution in [1.29, 1.82) is 0 Å². The highest BCUT2D eigenvalue weighted by Gasteiger charge is 2.30. The Balaban J connectivity index is 1.38. The molecule has 26 heavy (non-hydrogen) atoms. The summed E-state index contributed by atoms with van der Waals surface area (Å²) in [5.74, 6) is 1.80. The Bertz CT molecular complexity index is 1050. The molecule has 0 atom stereocenters. The van der Waals surface area contributed by atoms with Crippen molar-refractivity contribution in [3.8, 4) is 0 Å². The first kappa shape index (κ1) is 16.9. The van der Waals surface area contributed by atoms with Gasteiger partial charge in [0.25, 0.3) is 0 Å². The van der Waals surface area contributed by atoms with E-state index in [1.165, 1.54) is 0 Å². The van der Waals surface area contributed by atoms with Gasteiger partial charge in [-0.2, -0.15) is 9.61 Å². The molecule has 138 valence electrons. The van der Waals surface area contributed by atoms with E-state index in [-0.39, 0.29) is 10.8 Å². The highest BCUT2D eigenvalue weighted by atomic mass is 32.2. The summed E-state index contributed by atoms with van der Waals surface area (Å²) >= 11 is 0. The van der Waals surface area contributed by atoms with Gasteiger partial charge in [0.05, 0.1) is 11.4 Å². The number of aromatic nitrogens is 6. The Morgan fingerprint density at radius 3 is 2.69 bits per heavy atom. The first-order valence-corrected chi connectivity index (χ1v) is 9.79. The van der Waals surface area contributed by atoms with Gasteiger partial charge in [0.2, 0.25) is 10.0 Å². The van der Waals surface area contributed by atoms with Gasteiger partial charge in [0.15, 0.2) is 11.5 Å². The van der Waals surface area contributed by atoms with Gasteiger partial charge >= 0.3 is 0 Å². The number of rotatable bonds is 5. The molecule has 3 aromatic rings. The normalized spacial score (nSPS) is 15.6. The summed E-state index contributed by atoms with van der Waals surface area (Å²) in [5, 5.41) is 19.2. The van der Waals surface area contributed by atoms with Crippen LogP contribution >= 0.6 is 0 Å². The molecule has 2 N–H and O–H groups in total. The minimum absolute atomic E-state index is 0.233. The summed E-state index contributed by atoms with van der Waals surface area (Å²) in [6.07, 6.45) is 0. The van der Waals surface area contributed by atoms with E-state index in [2.05, 4.69) is 35.1 Å². The zero-order valence-electron chi connectivity index (χ0n) is 14.8. The van der Waals surface area contributed by atoms with Crippen molar-refractivity contribution < 1.29 is 8.42 Å². The molecular weight excluding hydrogens is 356 g/mol. The predicted molar refractivity (Wildman–Crippen MR) is 94.5 cm³/mol. The van der Waals surface area contributed by atoms with Gasteiger partial charge in [-0.3, -0.25) is 5.10 Å². The van der Waals surface area contributed by atoms with E-state index in [1.807, 2.05) is 19.1 Å². The Hall–Kier alpha value is -2.53. The lowest BCUT2D eigenvalue weighted by atomic mass is 10.0. The van der Waals surface area contributed by atoms with Crippen molar-refractivity contribution in [2.75, 3.05) is 24.5 Å². The third-order valence-electron chi connectivity index (χ3n) is 4.58. The maximum atomic E-state index is 12.5. The van der Waals surface area contributed by atoms with Crippen LogP contribution in [0, 0.1) is 26.7 Å². The summed E-state index contributed by atoms with van der Waals surface area (Å²) < 4.78 is 29.3. The molecule has 0 unspecified atom stereocenters. The number of sulfonamides is 1. The third-order valence-corrected chi connectivity index (χ3v) is 6.26. The minimum atomic E-state index is -3.56. The first-order chi connectivity index (χ1) is 12.3. The molecule has 4 rings (SSSR count). The van der Waals surface area contributed by atoms with Crippen LogP contribution in [-0.4, -0.2) is 58.1 Å². The second-order valence-electron chi connectivity index (χ2n) is 6.59. The molecule has 1 saturated heterocycles. The Labute approximate surface area is 150 Å². The number of aromatic amines is 1. The molecule has 10 nitrogen and oxygen atoms in total. The SMILES string of the molecule is Cc1n[nH]c(C)c1S(=O)(=O)NCC1CN(c2ccc3nnc(C)n3n2)C1. The van der Waals surface area contributed by atoms with E-state index < -0.39 is 10.0 Å². The zero-order valence-corrected chi connectivity index (χ0v) is 15.6. The fraction of sp³-hybridized carbons (Fsp3) is 0.467. The third kappa shape index (κ3) is 2.82. The van der Waals surface area contributed by atoms with E-state index in [4.69, 9.17) is 0 Å². The smallest absolute Gasteiger partial charge is 0.244 e. The van der Waals surface area contributed by atoms with Gasteiger partial charge in [-0.15, -0.1) is 15.3 Å². The standard InChI is InChI=1S/C15H20N8O2S/c1-9-15(10(2)18-17-9)26(24,25)16-6-12-7-22(8-12)14-5-4-13-20-19-11(3)23(13)21-14/h4-5,12,16H,6-8H2,1-3H3,(H,17,18). The Morgan fingerprint density at radius 2 is 2.00 bits per heavy atom. The second-order valence-corrected chi connectivity index (χ2v) is 8.30. The van der Waals surface area contributed by atoms with Crippen LogP contribution < -0.4 is 9.62 Å². The number of hydrogen-bond acceptors (Lipinski definition) is 7. The van der Waals surface area contributed by atoms with Crippen molar-refractivity contribution in [3.05, 3.63) is 29.3 Å². The molecule has 1 aliphatic rings. The van der Waals surface area contributed by atoms with Crippen molar-refractivity contribution in [3.63, 3.8) is 0 Å². The fourth-order valence-electron chi connectivity index (χ4n) is 3.18. The van der Waals surface area contributed by atoms with Crippen LogP contribution in [0.15, 0.2) is 17.0 Å². The van der Waals surface area contributed by atoms with Crippen LogP contribution in [0.2, 0.25) is 0 Å². The largest absolute Gasteiger partial charge is 0.354 e. The summed E-state index contributed by atoms with van der Waals surface area (Å²) in [6.45, 7) is 7.10. The molecular formula is C15H20N8O2S. The Morgan fingerprint density at radius 1 is 1.23 bits per heavy atom. The molecule has 11 heteroatoms. The lowest BCUT2D eigenvalue weighted by molar-refractivity contribution is 0.401. The molecule has 0 spiro atoms. The van der Waals surface area contributed by atoms with Gasteiger partial charge < -0.3 is 4.90 Å². The van der Waals surface area contributed by atoms with E-state index in [1.54, 1.807) is 18.4 Å². The van der Waals surface area contributed by atoms with Crippen molar-refractivity contribution >= 4 is 21.5 Å². The number of hydrogen-bond donors (Lipinski definition) is 2. The quantitative estimate of drug-likeness (QED) is 0.652. The highest BCUT2D eigenvalue weighted by molar-refractivity contribution is 7.89. The van der Waals surface area contributed by atoms with Crippen LogP contribution in [0.4, 0.5) is 5.82 Å². The molecule has 0 radical (unpaired) electrons. The minimum Gasteiger partial charge on any atom is -0.354 e. The lowest BCUT2D eigenvalue weighted by Crippen LogP contribution is -2.52. The molecule has 0 saturated carbocycles. The average Bonchev–Trinajstić information content (AvgIpc) is 3.09. The van der Waals surface area contributed by atoms with Gasteiger partial charge in [0, 0.05) is 25.6 Å². The molecule has 0 aliphatic carbocycles. The molecule has 1 aliphatic heterocycles. The first-order valence-electron chi connectivity index (χ1n) is 8.30. The van der Waals surface area contributed by atoms with Crippen molar-refractivity contribution in [1.82, 2.24) is 34.7 Å². The summed E-state index contributed by atoms with van der Waals surface area (Å²) in [5.41, 5.74) is 1.74. The summed E-state index contributed by atoms with van der Waals surface area (Å²) in [7, 11) is -3.56.